The Kier molecular flexibility index (Phi) is 4.19. The molecule has 0 atom stereocenters. The Morgan fingerprint density at radius 3 is 2.61 bits per heavy atom. The van der Waals surface area contributed by atoms with E-state index >= 15 is 0 Å². The second-order valence-electron chi connectivity index (χ2n) is 3.72. The molecule has 1 nitrogen and oxygen atoms in total. The van der Waals surface area contributed by atoms with Crippen molar-refractivity contribution in [3.8, 4) is 0 Å². The molecule has 1 N–H and O–H groups in total. The molecule has 5 heteroatoms. The molecular formula is C13H9BrClF2N. The van der Waals surface area contributed by atoms with Gasteiger partial charge in [0.2, 0.25) is 0 Å². The zero-order valence-corrected chi connectivity index (χ0v) is 11.5. The first kappa shape index (κ1) is 13.3. The van der Waals surface area contributed by atoms with Crippen LogP contribution in [0.4, 0.5) is 14.5 Å². The molecule has 0 heterocycles. The molecule has 0 saturated carbocycles. The molecule has 94 valence electrons. The van der Waals surface area contributed by atoms with Gasteiger partial charge in [-0.2, -0.15) is 0 Å². The maximum atomic E-state index is 13.2. The van der Waals surface area contributed by atoms with Gasteiger partial charge in [0.25, 0.3) is 0 Å². The van der Waals surface area contributed by atoms with Crippen molar-refractivity contribution in [1.29, 1.82) is 0 Å². The Labute approximate surface area is 117 Å². The zero-order chi connectivity index (χ0) is 13.1. The van der Waals surface area contributed by atoms with Crippen LogP contribution in [-0.2, 0) is 6.54 Å². The van der Waals surface area contributed by atoms with E-state index in [1.54, 1.807) is 12.1 Å². The molecule has 2 rings (SSSR count). The second kappa shape index (κ2) is 5.67. The first-order valence-electron chi connectivity index (χ1n) is 5.19. The molecule has 0 amide bonds. The highest BCUT2D eigenvalue weighted by Crippen LogP contribution is 2.22. The van der Waals surface area contributed by atoms with E-state index in [4.69, 9.17) is 11.6 Å². The number of anilines is 1. The minimum atomic E-state index is -0.486. The third kappa shape index (κ3) is 3.21. The van der Waals surface area contributed by atoms with Crippen LogP contribution < -0.4 is 5.32 Å². The van der Waals surface area contributed by atoms with E-state index in [-0.39, 0.29) is 10.8 Å². The van der Waals surface area contributed by atoms with Gasteiger partial charge in [0.05, 0.1) is 5.02 Å². The highest BCUT2D eigenvalue weighted by atomic mass is 79.9. The molecule has 0 aliphatic carbocycles. The number of nitrogens with one attached hydrogen (secondary N) is 1. The lowest BCUT2D eigenvalue weighted by atomic mass is 10.2. The van der Waals surface area contributed by atoms with Crippen LogP contribution in [0.25, 0.3) is 0 Å². The fraction of sp³-hybridized carbons (Fsp3) is 0.0769. The lowest BCUT2D eigenvalue weighted by molar-refractivity contribution is 0.625. The van der Waals surface area contributed by atoms with E-state index in [1.807, 2.05) is 0 Å². The SMILES string of the molecule is Fc1ccc(Br)c(CNc2ccc(Cl)c(F)c2)c1. The fourth-order valence-electron chi connectivity index (χ4n) is 1.48. The molecule has 0 aliphatic rings. The van der Waals surface area contributed by atoms with E-state index in [9.17, 15) is 8.78 Å². The van der Waals surface area contributed by atoms with Crippen LogP contribution in [0.5, 0.6) is 0 Å². The van der Waals surface area contributed by atoms with Crippen LogP contribution in [0.2, 0.25) is 5.02 Å². The van der Waals surface area contributed by atoms with Crippen LogP contribution in [0.15, 0.2) is 40.9 Å². The average molecular weight is 333 g/mol. The van der Waals surface area contributed by atoms with Gasteiger partial charge in [-0.25, -0.2) is 8.78 Å². The third-order valence-electron chi connectivity index (χ3n) is 2.41. The maximum absolute atomic E-state index is 13.2. The quantitative estimate of drug-likeness (QED) is 0.834. The molecular weight excluding hydrogens is 324 g/mol. The van der Waals surface area contributed by atoms with Crippen molar-refractivity contribution in [2.75, 3.05) is 5.32 Å². The predicted molar refractivity (Wildman–Crippen MR) is 72.8 cm³/mol. The average Bonchev–Trinajstić information content (AvgIpc) is 2.34. The Hall–Kier alpha value is -1.13. The first-order valence-corrected chi connectivity index (χ1v) is 6.36. The lowest BCUT2D eigenvalue weighted by Gasteiger charge is -2.09. The van der Waals surface area contributed by atoms with E-state index in [2.05, 4.69) is 21.2 Å². The molecule has 0 aromatic heterocycles. The van der Waals surface area contributed by atoms with Crippen LogP contribution in [0.3, 0.4) is 0 Å². The largest absolute Gasteiger partial charge is 0.381 e. The van der Waals surface area contributed by atoms with Crippen molar-refractivity contribution in [2.45, 2.75) is 6.54 Å². The first-order chi connectivity index (χ1) is 8.56. The van der Waals surface area contributed by atoms with Gasteiger partial charge in [-0.3, -0.25) is 0 Å². The van der Waals surface area contributed by atoms with E-state index in [0.717, 1.165) is 10.0 Å². The Balaban J connectivity index is 2.11. The van der Waals surface area contributed by atoms with Crippen LogP contribution in [0, 0.1) is 11.6 Å². The summed E-state index contributed by atoms with van der Waals surface area (Å²) in [7, 11) is 0. The minimum absolute atomic E-state index is 0.0764. The van der Waals surface area contributed by atoms with Gasteiger partial charge in [0, 0.05) is 16.7 Å². The molecule has 0 radical (unpaired) electrons. The van der Waals surface area contributed by atoms with E-state index in [1.165, 1.54) is 24.3 Å². The highest BCUT2D eigenvalue weighted by Gasteiger charge is 2.04. The van der Waals surface area contributed by atoms with Gasteiger partial charge in [-0.05, 0) is 42.0 Å². The van der Waals surface area contributed by atoms with Crippen molar-refractivity contribution in [2.24, 2.45) is 0 Å². The van der Waals surface area contributed by atoms with Gasteiger partial charge >= 0.3 is 0 Å². The number of hydrogen-bond donors (Lipinski definition) is 1. The molecule has 0 saturated heterocycles. The monoisotopic (exact) mass is 331 g/mol. The van der Waals surface area contributed by atoms with Crippen molar-refractivity contribution in [3.05, 3.63) is 63.1 Å². The van der Waals surface area contributed by atoms with Crippen molar-refractivity contribution in [3.63, 3.8) is 0 Å². The summed E-state index contributed by atoms with van der Waals surface area (Å²) in [6.07, 6.45) is 0. The smallest absolute Gasteiger partial charge is 0.143 e. The van der Waals surface area contributed by atoms with Crippen molar-refractivity contribution >= 4 is 33.2 Å². The summed E-state index contributed by atoms with van der Waals surface area (Å²) < 4.78 is 27.1. The molecule has 0 aliphatic heterocycles. The Morgan fingerprint density at radius 2 is 1.89 bits per heavy atom. The Morgan fingerprint density at radius 1 is 1.11 bits per heavy atom. The standard InChI is InChI=1S/C13H9BrClF2N/c14-11-3-1-9(16)5-8(11)7-18-10-2-4-12(15)13(17)6-10/h1-6,18H,7H2. The molecule has 18 heavy (non-hydrogen) atoms. The predicted octanol–water partition coefficient (Wildman–Crippen LogP) is 4.99. The number of rotatable bonds is 3. The van der Waals surface area contributed by atoms with Gasteiger partial charge in [0.1, 0.15) is 11.6 Å². The molecule has 0 bridgehead atoms. The van der Waals surface area contributed by atoms with Gasteiger partial charge in [0.15, 0.2) is 0 Å². The van der Waals surface area contributed by atoms with E-state index in [0.29, 0.717) is 12.2 Å². The van der Waals surface area contributed by atoms with Gasteiger partial charge in [-0.15, -0.1) is 0 Å². The summed E-state index contributed by atoms with van der Waals surface area (Å²) in [6, 6.07) is 8.86. The van der Waals surface area contributed by atoms with Gasteiger partial charge < -0.3 is 5.32 Å². The second-order valence-corrected chi connectivity index (χ2v) is 4.98. The number of benzene rings is 2. The summed E-state index contributed by atoms with van der Waals surface area (Å²) in [5.41, 5.74) is 1.35. The summed E-state index contributed by atoms with van der Waals surface area (Å²) in [6.45, 7) is 0.388. The lowest BCUT2D eigenvalue weighted by Crippen LogP contribution is -2.01. The van der Waals surface area contributed by atoms with Crippen molar-refractivity contribution < 1.29 is 8.78 Å². The highest BCUT2D eigenvalue weighted by molar-refractivity contribution is 9.10. The summed E-state index contributed by atoms with van der Waals surface area (Å²) in [5.74, 6) is -0.794. The van der Waals surface area contributed by atoms with Crippen molar-refractivity contribution in [1.82, 2.24) is 0 Å². The molecule has 2 aromatic carbocycles. The Bertz CT molecular complexity index is 575. The third-order valence-corrected chi connectivity index (χ3v) is 3.49. The van der Waals surface area contributed by atoms with Crippen LogP contribution >= 0.6 is 27.5 Å². The van der Waals surface area contributed by atoms with Crippen LogP contribution in [-0.4, -0.2) is 0 Å². The topological polar surface area (TPSA) is 12.0 Å². The fourth-order valence-corrected chi connectivity index (χ4v) is 1.99. The zero-order valence-electron chi connectivity index (χ0n) is 9.18. The van der Waals surface area contributed by atoms with Crippen LogP contribution in [0.1, 0.15) is 5.56 Å². The normalized spacial score (nSPS) is 10.4. The summed E-state index contributed by atoms with van der Waals surface area (Å²) in [4.78, 5) is 0. The maximum Gasteiger partial charge on any atom is 0.143 e. The summed E-state index contributed by atoms with van der Waals surface area (Å²) >= 11 is 8.91. The minimum Gasteiger partial charge on any atom is -0.381 e. The number of halogens is 4. The van der Waals surface area contributed by atoms with E-state index < -0.39 is 5.82 Å². The van der Waals surface area contributed by atoms with Gasteiger partial charge in [-0.1, -0.05) is 27.5 Å². The molecule has 0 spiro atoms. The summed E-state index contributed by atoms with van der Waals surface area (Å²) in [5, 5.41) is 3.08. The molecule has 0 unspecified atom stereocenters. The number of hydrogen-bond acceptors (Lipinski definition) is 1. The molecule has 2 aromatic rings. The molecule has 0 fully saturated rings.